The van der Waals surface area contributed by atoms with Crippen LogP contribution in [0, 0.1) is 0 Å². The number of rotatable bonds is 0. The van der Waals surface area contributed by atoms with Crippen LogP contribution in [0.1, 0.15) is 13.8 Å². The lowest BCUT2D eigenvalue weighted by Crippen LogP contribution is -2.25. The van der Waals surface area contributed by atoms with Crippen LogP contribution in [0.3, 0.4) is 0 Å². The quantitative estimate of drug-likeness (QED) is 0.453. The van der Waals surface area contributed by atoms with Gasteiger partial charge in [-0.3, -0.25) is 0 Å². The van der Waals surface area contributed by atoms with Crippen LogP contribution in [0.5, 0.6) is 0 Å². The molecule has 2 heteroatoms. The van der Waals surface area contributed by atoms with Gasteiger partial charge in [-0.25, -0.2) is 0 Å². The average molecular weight is 132 g/mol. The van der Waals surface area contributed by atoms with Gasteiger partial charge in [0.05, 0.1) is 12.2 Å². The largest absolute Gasteiger partial charge is 0.375 e. The third kappa shape index (κ3) is 1.72. The highest BCUT2D eigenvalue weighted by Gasteiger charge is 2.13. The van der Waals surface area contributed by atoms with E-state index in [9.17, 15) is 0 Å². The van der Waals surface area contributed by atoms with Crippen molar-refractivity contribution >= 4 is 8.58 Å². The van der Waals surface area contributed by atoms with E-state index in [1.807, 2.05) is 0 Å². The number of hydrogen-bond donors (Lipinski definition) is 0. The molecule has 0 aromatic rings. The van der Waals surface area contributed by atoms with Crippen LogP contribution in [0.4, 0.5) is 0 Å². The summed E-state index contributed by atoms with van der Waals surface area (Å²) in [4.78, 5) is 0. The molecule has 0 radical (unpaired) electrons. The molecule has 0 bridgehead atoms. The lowest BCUT2D eigenvalue weighted by atomic mass is 10.4. The summed E-state index contributed by atoms with van der Waals surface area (Å²) in [6.07, 6.45) is 3.61. The molecule has 2 atom stereocenters. The van der Waals surface area contributed by atoms with Crippen molar-refractivity contribution in [3.8, 4) is 0 Å². The standard InChI is InChI=1S/C6H13OP/c1-5-3-8-4-6(2)7-5/h5-6,8H,3-4H2,1-2H3/t5-,6-/m1/s1. The highest BCUT2D eigenvalue weighted by atomic mass is 31.1. The van der Waals surface area contributed by atoms with Gasteiger partial charge in [0, 0.05) is 0 Å². The molecule has 0 unspecified atom stereocenters. The van der Waals surface area contributed by atoms with Gasteiger partial charge in [-0.2, -0.15) is 0 Å². The maximum absolute atomic E-state index is 5.49. The van der Waals surface area contributed by atoms with Crippen LogP contribution in [-0.4, -0.2) is 24.5 Å². The van der Waals surface area contributed by atoms with Crippen LogP contribution >= 0.6 is 8.58 Å². The van der Waals surface area contributed by atoms with Gasteiger partial charge in [0.1, 0.15) is 0 Å². The molecule has 0 aromatic heterocycles. The summed E-state index contributed by atoms with van der Waals surface area (Å²) in [5.41, 5.74) is 0. The van der Waals surface area contributed by atoms with Crippen molar-refractivity contribution in [3.05, 3.63) is 0 Å². The second kappa shape index (κ2) is 2.80. The summed E-state index contributed by atoms with van der Waals surface area (Å²) in [5, 5.41) is 0. The summed E-state index contributed by atoms with van der Waals surface area (Å²) < 4.78 is 5.49. The highest BCUT2D eigenvalue weighted by molar-refractivity contribution is 7.38. The molecule has 48 valence electrons. The van der Waals surface area contributed by atoms with Crippen molar-refractivity contribution in [2.24, 2.45) is 0 Å². The molecule has 0 aromatic carbocycles. The van der Waals surface area contributed by atoms with Gasteiger partial charge in [0.2, 0.25) is 0 Å². The first-order valence-corrected chi connectivity index (χ1v) is 4.56. The number of hydrogen-bond acceptors (Lipinski definition) is 1. The van der Waals surface area contributed by atoms with Gasteiger partial charge in [-0.15, -0.1) is 8.58 Å². The molecule has 0 amide bonds. The van der Waals surface area contributed by atoms with Gasteiger partial charge in [-0.1, -0.05) is 0 Å². The molecule has 8 heavy (non-hydrogen) atoms. The Kier molecular flexibility index (Phi) is 2.27. The van der Waals surface area contributed by atoms with Gasteiger partial charge in [-0.05, 0) is 26.2 Å². The lowest BCUT2D eigenvalue weighted by Gasteiger charge is -2.24. The molecular weight excluding hydrogens is 119 g/mol. The van der Waals surface area contributed by atoms with Crippen molar-refractivity contribution < 1.29 is 4.74 Å². The Hall–Kier alpha value is 0.390. The molecule has 1 fully saturated rings. The van der Waals surface area contributed by atoms with Gasteiger partial charge in [0.25, 0.3) is 0 Å². The smallest absolute Gasteiger partial charge is 0.0587 e. The Morgan fingerprint density at radius 3 is 2.00 bits per heavy atom. The van der Waals surface area contributed by atoms with Crippen LogP contribution in [-0.2, 0) is 4.74 Å². The minimum Gasteiger partial charge on any atom is -0.375 e. The zero-order chi connectivity index (χ0) is 5.98. The Balaban J connectivity index is 2.23. The minimum atomic E-state index is 0.525. The fraction of sp³-hybridized carbons (Fsp3) is 1.00. The highest BCUT2D eigenvalue weighted by Crippen LogP contribution is 2.22. The predicted octanol–water partition coefficient (Wildman–Crippen LogP) is 1.47. The first-order valence-electron chi connectivity index (χ1n) is 3.15. The summed E-state index contributed by atoms with van der Waals surface area (Å²) in [6.45, 7) is 4.31. The van der Waals surface area contributed by atoms with E-state index in [4.69, 9.17) is 4.74 Å². The Morgan fingerprint density at radius 2 is 1.75 bits per heavy atom. The van der Waals surface area contributed by atoms with Crippen LogP contribution in [0.25, 0.3) is 0 Å². The zero-order valence-electron chi connectivity index (χ0n) is 5.48. The predicted molar refractivity (Wildman–Crippen MR) is 38.1 cm³/mol. The van der Waals surface area contributed by atoms with Gasteiger partial charge < -0.3 is 4.74 Å². The summed E-state index contributed by atoms with van der Waals surface area (Å²) in [6, 6.07) is 0. The molecule has 0 saturated carbocycles. The summed E-state index contributed by atoms with van der Waals surface area (Å²) >= 11 is 0. The third-order valence-electron chi connectivity index (χ3n) is 1.33. The van der Waals surface area contributed by atoms with E-state index in [0.29, 0.717) is 12.2 Å². The molecule has 1 aliphatic rings. The van der Waals surface area contributed by atoms with E-state index in [1.54, 1.807) is 0 Å². The topological polar surface area (TPSA) is 9.23 Å². The van der Waals surface area contributed by atoms with Crippen molar-refractivity contribution in [2.45, 2.75) is 26.1 Å². The monoisotopic (exact) mass is 132 g/mol. The Bertz CT molecular complexity index is 66.9. The maximum Gasteiger partial charge on any atom is 0.0587 e. The first-order chi connectivity index (χ1) is 3.79. The molecule has 1 saturated heterocycles. The molecule has 1 nitrogen and oxygen atoms in total. The van der Waals surface area contributed by atoms with Crippen LogP contribution in [0.2, 0.25) is 0 Å². The molecule has 1 aliphatic heterocycles. The molecule has 0 spiro atoms. The summed E-state index contributed by atoms with van der Waals surface area (Å²) in [5.74, 6) is 0. The lowest BCUT2D eigenvalue weighted by molar-refractivity contribution is 0.0278. The second-order valence-electron chi connectivity index (χ2n) is 2.42. The van der Waals surface area contributed by atoms with E-state index < -0.39 is 0 Å². The van der Waals surface area contributed by atoms with Crippen molar-refractivity contribution in [2.75, 3.05) is 12.3 Å². The Labute approximate surface area is 52.6 Å². The van der Waals surface area contributed by atoms with E-state index in [0.717, 1.165) is 8.58 Å². The van der Waals surface area contributed by atoms with Gasteiger partial charge >= 0.3 is 0 Å². The fourth-order valence-electron chi connectivity index (χ4n) is 0.983. The SMILES string of the molecule is C[C@@H]1CPC[C@@H](C)O1. The van der Waals surface area contributed by atoms with Crippen molar-refractivity contribution in [1.29, 1.82) is 0 Å². The normalized spacial score (nSPS) is 42.8. The fourth-order valence-corrected chi connectivity index (χ4v) is 2.15. The molecule has 1 heterocycles. The Morgan fingerprint density at radius 1 is 1.25 bits per heavy atom. The summed E-state index contributed by atoms with van der Waals surface area (Å²) in [7, 11) is 1.14. The third-order valence-corrected chi connectivity index (χ3v) is 3.06. The van der Waals surface area contributed by atoms with E-state index in [2.05, 4.69) is 13.8 Å². The molecule has 0 aliphatic carbocycles. The van der Waals surface area contributed by atoms with Crippen molar-refractivity contribution in [3.63, 3.8) is 0 Å². The second-order valence-corrected chi connectivity index (χ2v) is 3.73. The van der Waals surface area contributed by atoms with Crippen LogP contribution < -0.4 is 0 Å². The molecule has 0 N–H and O–H groups in total. The van der Waals surface area contributed by atoms with Gasteiger partial charge in [0.15, 0.2) is 0 Å². The number of ether oxygens (including phenoxy) is 1. The minimum absolute atomic E-state index is 0.525. The molecule has 1 rings (SSSR count). The van der Waals surface area contributed by atoms with Crippen LogP contribution in [0.15, 0.2) is 0 Å². The van der Waals surface area contributed by atoms with E-state index in [1.165, 1.54) is 12.3 Å². The van der Waals surface area contributed by atoms with E-state index in [-0.39, 0.29) is 0 Å². The maximum atomic E-state index is 5.49. The first kappa shape index (κ1) is 6.51. The average Bonchev–Trinajstić information content (AvgIpc) is 1.64. The zero-order valence-corrected chi connectivity index (χ0v) is 6.48. The van der Waals surface area contributed by atoms with E-state index >= 15 is 0 Å². The molecular formula is C6H13OP. The van der Waals surface area contributed by atoms with Crippen molar-refractivity contribution in [1.82, 2.24) is 0 Å².